The van der Waals surface area contributed by atoms with Gasteiger partial charge in [0, 0.05) is 32.0 Å². The lowest BCUT2D eigenvalue weighted by molar-refractivity contribution is -0.126. The number of rotatable bonds is 6. The summed E-state index contributed by atoms with van der Waals surface area (Å²) >= 11 is 0. The first kappa shape index (κ1) is 20.3. The smallest absolute Gasteiger partial charge is 0.246 e. The molecule has 1 aliphatic heterocycles. The first-order valence-electron chi connectivity index (χ1n) is 9.23. The first-order valence-corrected chi connectivity index (χ1v) is 10.7. The van der Waals surface area contributed by atoms with Crippen LogP contribution in [0.2, 0.25) is 0 Å². The number of carbonyl (C=O) groups is 1. The number of aryl methyl sites for hydroxylation is 1. The Morgan fingerprint density at radius 3 is 2.75 bits per heavy atom. The van der Waals surface area contributed by atoms with Gasteiger partial charge in [-0.2, -0.15) is 4.31 Å². The molecule has 0 spiro atoms. The molecule has 0 saturated carbocycles. The maximum atomic E-state index is 13.2. The van der Waals surface area contributed by atoms with E-state index in [2.05, 4.69) is 10.3 Å². The molecule has 7 nitrogen and oxygen atoms in total. The van der Waals surface area contributed by atoms with Crippen LogP contribution in [0.1, 0.15) is 24.0 Å². The zero-order valence-electron chi connectivity index (χ0n) is 16.1. The highest BCUT2D eigenvalue weighted by molar-refractivity contribution is 7.89. The Hall–Kier alpha value is -2.45. The normalized spacial score (nSPS) is 17.9. The molecular weight excluding hydrogens is 378 g/mol. The number of ether oxygens (including phenoxy) is 1. The van der Waals surface area contributed by atoms with Crippen LogP contribution in [0.4, 0.5) is 0 Å². The van der Waals surface area contributed by atoms with Crippen molar-refractivity contribution < 1.29 is 17.9 Å². The summed E-state index contributed by atoms with van der Waals surface area (Å²) in [5, 5.41) is 2.90. The maximum Gasteiger partial charge on any atom is 0.246 e. The Balaban J connectivity index is 1.72. The van der Waals surface area contributed by atoms with E-state index < -0.39 is 10.0 Å². The van der Waals surface area contributed by atoms with Crippen LogP contribution in [0.25, 0.3) is 0 Å². The maximum absolute atomic E-state index is 13.2. The molecule has 8 heteroatoms. The number of hydrogen-bond donors (Lipinski definition) is 1. The SMILES string of the molecule is COc1ccc(C)cc1S(=O)(=O)N1CCC[C@@H](C(=O)NCc2ccncc2)C1. The summed E-state index contributed by atoms with van der Waals surface area (Å²) < 4.78 is 33.0. The van der Waals surface area contributed by atoms with Crippen molar-refractivity contribution in [3.63, 3.8) is 0 Å². The Kier molecular flexibility index (Phi) is 6.31. The fourth-order valence-electron chi connectivity index (χ4n) is 3.33. The number of aromatic nitrogens is 1. The second-order valence-electron chi connectivity index (χ2n) is 6.93. The summed E-state index contributed by atoms with van der Waals surface area (Å²) in [6.07, 6.45) is 4.65. The van der Waals surface area contributed by atoms with Crippen LogP contribution in [0.15, 0.2) is 47.6 Å². The van der Waals surface area contributed by atoms with E-state index in [0.29, 0.717) is 31.7 Å². The Morgan fingerprint density at radius 2 is 2.04 bits per heavy atom. The van der Waals surface area contributed by atoms with E-state index in [1.807, 2.05) is 25.1 Å². The molecule has 2 heterocycles. The lowest BCUT2D eigenvalue weighted by atomic mass is 9.99. The van der Waals surface area contributed by atoms with Gasteiger partial charge >= 0.3 is 0 Å². The van der Waals surface area contributed by atoms with Crippen molar-refractivity contribution in [1.29, 1.82) is 0 Å². The van der Waals surface area contributed by atoms with Crippen LogP contribution in [0, 0.1) is 12.8 Å². The summed E-state index contributed by atoms with van der Waals surface area (Å²) in [6.45, 7) is 2.80. The number of pyridine rings is 1. The third kappa shape index (κ3) is 4.51. The van der Waals surface area contributed by atoms with E-state index in [0.717, 1.165) is 11.1 Å². The van der Waals surface area contributed by atoms with Gasteiger partial charge in [-0.15, -0.1) is 0 Å². The average Bonchev–Trinajstić information content (AvgIpc) is 2.72. The number of hydrogen-bond acceptors (Lipinski definition) is 5. The highest BCUT2D eigenvalue weighted by Gasteiger charge is 2.34. The number of piperidine rings is 1. The molecule has 1 aliphatic rings. The summed E-state index contributed by atoms with van der Waals surface area (Å²) in [5.74, 6) is -0.191. The van der Waals surface area contributed by atoms with Gasteiger partial charge in [0.15, 0.2) is 0 Å². The van der Waals surface area contributed by atoms with Crippen molar-refractivity contribution in [2.24, 2.45) is 5.92 Å². The highest BCUT2D eigenvalue weighted by atomic mass is 32.2. The predicted molar refractivity (Wildman–Crippen MR) is 105 cm³/mol. The van der Waals surface area contributed by atoms with Crippen molar-refractivity contribution >= 4 is 15.9 Å². The largest absolute Gasteiger partial charge is 0.495 e. The van der Waals surface area contributed by atoms with Crippen molar-refractivity contribution in [3.05, 3.63) is 53.9 Å². The van der Waals surface area contributed by atoms with Crippen LogP contribution in [-0.2, 0) is 21.4 Å². The molecule has 1 fully saturated rings. The highest BCUT2D eigenvalue weighted by Crippen LogP contribution is 2.30. The lowest BCUT2D eigenvalue weighted by Gasteiger charge is -2.31. The minimum Gasteiger partial charge on any atom is -0.495 e. The van der Waals surface area contributed by atoms with Crippen LogP contribution < -0.4 is 10.1 Å². The number of carbonyl (C=O) groups excluding carboxylic acids is 1. The Labute approximate surface area is 165 Å². The standard InChI is InChI=1S/C20H25N3O4S/c1-15-5-6-18(27-2)19(12-15)28(25,26)23-11-3-4-17(14-23)20(24)22-13-16-7-9-21-10-8-16/h5-10,12,17H,3-4,11,13-14H2,1-2H3,(H,22,24)/t17-/m1/s1. The molecule has 1 amide bonds. The molecule has 1 atom stereocenters. The van der Waals surface area contributed by atoms with E-state index in [-0.39, 0.29) is 23.3 Å². The number of nitrogens with one attached hydrogen (secondary N) is 1. The fourth-order valence-corrected chi connectivity index (χ4v) is 5.10. The molecule has 1 saturated heterocycles. The van der Waals surface area contributed by atoms with Gasteiger partial charge in [0.05, 0.1) is 13.0 Å². The third-order valence-corrected chi connectivity index (χ3v) is 6.79. The molecule has 3 rings (SSSR count). The zero-order valence-corrected chi connectivity index (χ0v) is 16.9. The van der Waals surface area contributed by atoms with Crippen molar-refractivity contribution in [2.45, 2.75) is 31.2 Å². The van der Waals surface area contributed by atoms with E-state index >= 15 is 0 Å². The van der Waals surface area contributed by atoms with Gasteiger partial charge in [-0.25, -0.2) is 8.42 Å². The summed E-state index contributed by atoms with van der Waals surface area (Å²) in [7, 11) is -2.29. The van der Waals surface area contributed by atoms with Crippen LogP contribution >= 0.6 is 0 Å². The second-order valence-corrected chi connectivity index (χ2v) is 8.84. The Bertz CT molecular complexity index is 932. The Morgan fingerprint density at radius 1 is 1.29 bits per heavy atom. The first-order chi connectivity index (χ1) is 13.4. The van der Waals surface area contributed by atoms with Crippen molar-refractivity contribution in [1.82, 2.24) is 14.6 Å². The molecular formula is C20H25N3O4S. The summed E-state index contributed by atoms with van der Waals surface area (Å²) in [5.41, 5.74) is 1.79. The topological polar surface area (TPSA) is 88.6 Å². The number of benzene rings is 1. The number of sulfonamides is 1. The quantitative estimate of drug-likeness (QED) is 0.798. The summed E-state index contributed by atoms with van der Waals surface area (Å²) in [6, 6.07) is 8.75. The zero-order chi connectivity index (χ0) is 20.1. The second kappa shape index (κ2) is 8.70. The van der Waals surface area contributed by atoms with E-state index in [1.54, 1.807) is 24.5 Å². The third-order valence-electron chi connectivity index (χ3n) is 4.91. The van der Waals surface area contributed by atoms with Crippen LogP contribution in [0.5, 0.6) is 5.75 Å². The molecule has 0 bridgehead atoms. The number of amides is 1. The van der Waals surface area contributed by atoms with Gasteiger partial charge < -0.3 is 10.1 Å². The number of methoxy groups -OCH3 is 1. The molecule has 0 unspecified atom stereocenters. The molecule has 1 N–H and O–H groups in total. The summed E-state index contributed by atoms with van der Waals surface area (Å²) in [4.78, 5) is 16.7. The lowest BCUT2D eigenvalue weighted by Crippen LogP contribution is -2.45. The van der Waals surface area contributed by atoms with Gasteiger partial charge in [-0.1, -0.05) is 6.07 Å². The minimum absolute atomic E-state index is 0.132. The molecule has 150 valence electrons. The molecule has 1 aromatic carbocycles. The van der Waals surface area contributed by atoms with Crippen LogP contribution in [-0.4, -0.2) is 43.8 Å². The monoisotopic (exact) mass is 403 g/mol. The van der Waals surface area contributed by atoms with Gasteiger partial charge in [0.25, 0.3) is 0 Å². The van der Waals surface area contributed by atoms with Gasteiger partial charge in [-0.3, -0.25) is 9.78 Å². The van der Waals surface area contributed by atoms with Gasteiger partial charge in [-0.05, 0) is 55.2 Å². The number of nitrogens with zero attached hydrogens (tertiary/aromatic N) is 2. The predicted octanol–water partition coefficient (Wildman–Crippen LogP) is 2.12. The molecule has 1 aromatic heterocycles. The van der Waals surface area contributed by atoms with Gasteiger partial charge in [0.2, 0.25) is 15.9 Å². The molecule has 2 aromatic rings. The van der Waals surface area contributed by atoms with Crippen molar-refractivity contribution in [2.75, 3.05) is 20.2 Å². The van der Waals surface area contributed by atoms with Crippen molar-refractivity contribution in [3.8, 4) is 5.75 Å². The minimum atomic E-state index is -3.74. The average molecular weight is 404 g/mol. The van der Waals surface area contributed by atoms with Gasteiger partial charge in [0.1, 0.15) is 10.6 Å². The van der Waals surface area contributed by atoms with Crippen LogP contribution in [0.3, 0.4) is 0 Å². The molecule has 28 heavy (non-hydrogen) atoms. The molecule has 0 aliphatic carbocycles. The van der Waals surface area contributed by atoms with E-state index in [1.165, 1.54) is 11.4 Å². The fraction of sp³-hybridized carbons (Fsp3) is 0.400. The van der Waals surface area contributed by atoms with E-state index in [4.69, 9.17) is 4.74 Å². The molecule has 0 radical (unpaired) electrons. The van der Waals surface area contributed by atoms with E-state index in [9.17, 15) is 13.2 Å².